The number of anilines is 2. The zero-order chi connectivity index (χ0) is 14.8. The molecule has 2 heterocycles. The van der Waals surface area contributed by atoms with Crippen LogP contribution in [-0.2, 0) is 4.79 Å². The van der Waals surface area contributed by atoms with Crippen molar-refractivity contribution >= 4 is 23.5 Å². The van der Waals surface area contributed by atoms with Crippen LogP contribution in [0.15, 0.2) is 36.4 Å². The van der Waals surface area contributed by atoms with Gasteiger partial charge in [-0.05, 0) is 36.4 Å². The fraction of sp³-hybridized carbons (Fsp3) is 0.0714. The molecule has 2 N–H and O–H groups in total. The SMILES string of the molecule is O=C1COc2ccc(NC(=O)c3ccc(F)cc3)nc2N1. The number of benzene rings is 1. The Balaban J connectivity index is 1.79. The Morgan fingerprint density at radius 1 is 1.24 bits per heavy atom. The molecule has 0 atom stereocenters. The first-order chi connectivity index (χ1) is 10.1. The Labute approximate surface area is 118 Å². The van der Waals surface area contributed by atoms with E-state index in [4.69, 9.17) is 4.74 Å². The maximum Gasteiger partial charge on any atom is 0.263 e. The molecule has 0 saturated heterocycles. The third-order valence-electron chi connectivity index (χ3n) is 2.82. The standard InChI is InChI=1S/C14H10FN3O3/c15-9-3-1-8(2-4-9)14(20)17-11-6-5-10-13(16-11)18-12(19)7-21-10/h1-6H,7H2,(H2,16,17,18,19,20). The summed E-state index contributed by atoms with van der Waals surface area (Å²) in [5, 5.41) is 5.11. The molecule has 0 unspecified atom stereocenters. The number of carbonyl (C=O) groups is 2. The highest BCUT2D eigenvalue weighted by Crippen LogP contribution is 2.26. The van der Waals surface area contributed by atoms with Crippen molar-refractivity contribution in [2.45, 2.75) is 0 Å². The topological polar surface area (TPSA) is 80.3 Å². The lowest BCUT2D eigenvalue weighted by Gasteiger charge is -2.17. The molecule has 0 aliphatic carbocycles. The van der Waals surface area contributed by atoms with E-state index in [0.717, 1.165) is 0 Å². The summed E-state index contributed by atoms with van der Waals surface area (Å²) in [5.74, 6) is -0.202. The van der Waals surface area contributed by atoms with Crippen LogP contribution in [-0.4, -0.2) is 23.4 Å². The number of nitrogens with one attached hydrogen (secondary N) is 2. The average molecular weight is 287 g/mol. The van der Waals surface area contributed by atoms with E-state index in [2.05, 4.69) is 15.6 Å². The Hall–Kier alpha value is -2.96. The number of halogens is 1. The summed E-state index contributed by atoms with van der Waals surface area (Å²) >= 11 is 0. The smallest absolute Gasteiger partial charge is 0.263 e. The molecule has 1 aromatic carbocycles. The van der Waals surface area contributed by atoms with Gasteiger partial charge in [-0.15, -0.1) is 0 Å². The number of aromatic nitrogens is 1. The molecular weight excluding hydrogens is 277 g/mol. The zero-order valence-electron chi connectivity index (χ0n) is 10.7. The number of hydrogen-bond acceptors (Lipinski definition) is 4. The zero-order valence-corrected chi connectivity index (χ0v) is 10.7. The summed E-state index contributed by atoms with van der Waals surface area (Å²) < 4.78 is 18.0. The Morgan fingerprint density at radius 2 is 2.00 bits per heavy atom. The molecule has 0 saturated carbocycles. The second-order valence-corrected chi connectivity index (χ2v) is 4.34. The summed E-state index contributed by atoms with van der Waals surface area (Å²) in [6, 6.07) is 8.29. The molecule has 7 heteroatoms. The molecule has 2 aromatic rings. The Bertz CT molecular complexity index is 716. The van der Waals surface area contributed by atoms with E-state index in [0.29, 0.717) is 11.3 Å². The predicted octanol–water partition coefficient (Wildman–Crippen LogP) is 1.80. The van der Waals surface area contributed by atoms with Gasteiger partial charge in [0.05, 0.1) is 0 Å². The van der Waals surface area contributed by atoms with Gasteiger partial charge in [-0.25, -0.2) is 9.37 Å². The van der Waals surface area contributed by atoms with Crippen molar-refractivity contribution in [1.82, 2.24) is 4.98 Å². The molecule has 21 heavy (non-hydrogen) atoms. The molecule has 1 aliphatic heterocycles. The van der Waals surface area contributed by atoms with E-state index in [1.165, 1.54) is 24.3 Å². The maximum absolute atomic E-state index is 12.8. The van der Waals surface area contributed by atoms with Crippen LogP contribution in [0.1, 0.15) is 10.4 Å². The molecule has 1 aromatic heterocycles. The van der Waals surface area contributed by atoms with Gasteiger partial charge >= 0.3 is 0 Å². The van der Waals surface area contributed by atoms with Crippen molar-refractivity contribution in [2.75, 3.05) is 17.2 Å². The number of nitrogens with zero attached hydrogens (tertiary/aromatic N) is 1. The van der Waals surface area contributed by atoms with Crippen LogP contribution in [0.3, 0.4) is 0 Å². The number of rotatable bonds is 2. The highest BCUT2D eigenvalue weighted by Gasteiger charge is 2.18. The van der Waals surface area contributed by atoms with Crippen LogP contribution in [0.25, 0.3) is 0 Å². The third-order valence-corrected chi connectivity index (χ3v) is 2.82. The van der Waals surface area contributed by atoms with Gasteiger partial charge in [0.25, 0.3) is 11.8 Å². The summed E-state index contributed by atoms with van der Waals surface area (Å²) in [5.41, 5.74) is 0.302. The Morgan fingerprint density at radius 3 is 2.76 bits per heavy atom. The number of carbonyl (C=O) groups excluding carboxylic acids is 2. The van der Waals surface area contributed by atoms with E-state index in [9.17, 15) is 14.0 Å². The first-order valence-corrected chi connectivity index (χ1v) is 6.12. The van der Waals surface area contributed by atoms with E-state index in [1.54, 1.807) is 12.1 Å². The van der Waals surface area contributed by atoms with Crippen LogP contribution in [0.4, 0.5) is 16.0 Å². The molecule has 106 valence electrons. The van der Waals surface area contributed by atoms with Crippen LogP contribution < -0.4 is 15.4 Å². The number of ether oxygens (including phenoxy) is 1. The van der Waals surface area contributed by atoms with Gasteiger partial charge in [0, 0.05) is 5.56 Å². The van der Waals surface area contributed by atoms with Crippen LogP contribution in [0.5, 0.6) is 5.75 Å². The molecule has 0 radical (unpaired) electrons. The summed E-state index contributed by atoms with van der Waals surface area (Å²) in [6.45, 7) is -0.0596. The van der Waals surface area contributed by atoms with Gasteiger partial charge in [-0.3, -0.25) is 9.59 Å². The van der Waals surface area contributed by atoms with Gasteiger partial charge in [0.1, 0.15) is 11.6 Å². The molecule has 3 rings (SSSR count). The van der Waals surface area contributed by atoms with E-state index < -0.39 is 11.7 Å². The maximum atomic E-state index is 12.8. The number of hydrogen-bond donors (Lipinski definition) is 2. The van der Waals surface area contributed by atoms with Gasteiger partial charge in [0.2, 0.25) is 0 Å². The van der Waals surface area contributed by atoms with Crippen molar-refractivity contribution in [3.05, 3.63) is 47.8 Å². The molecule has 2 amide bonds. The number of pyridine rings is 1. The number of amides is 2. The van der Waals surface area contributed by atoms with Gasteiger partial charge in [-0.2, -0.15) is 0 Å². The van der Waals surface area contributed by atoms with Crippen LogP contribution >= 0.6 is 0 Å². The molecular formula is C14H10FN3O3. The second-order valence-electron chi connectivity index (χ2n) is 4.34. The van der Waals surface area contributed by atoms with E-state index >= 15 is 0 Å². The fourth-order valence-corrected chi connectivity index (χ4v) is 1.82. The lowest BCUT2D eigenvalue weighted by Crippen LogP contribution is -2.26. The highest BCUT2D eigenvalue weighted by atomic mass is 19.1. The second kappa shape index (κ2) is 5.20. The Kier molecular flexibility index (Phi) is 3.23. The molecule has 0 spiro atoms. The van der Waals surface area contributed by atoms with E-state index in [1.807, 2.05) is 0 Å². The monoisotopic (exact) mass is 287 g/mol. The van der Waals surface area contributed by atoms with Crippen molar-refractivity contribution in [3.63, 3.8) is 0 Å². The average Bonchev–Trinajstić information content (AvgIpc) is 2.47. The third kappa shape index (κ3) is 2.81. The van der Waals surface area contributed by atoms with Crippen LogP contribution in [0.2, 0.25) is 0 Å². The molecule has 1 aliphatic rings. The van der Waals surface area contributed by atoms with Gasteiger partial charge in [0.15, 0.2) is 18.2 Å². The van der Waals surface area contributed by atoms with Crippen LogP contribution in [0, 0.1) is 5.82 Å². The van der Waals surface area contributed by atoms with Crippen molar-refractivity contribution in [2.24, 2.45) is 0 Å². The first kappa shape index (κ1) is 13.0. The minimum Gasteiger partial charge on any atom is -0.480 e. The van der Waals surface area contributed by atoms with Crippen molar-refractivity contribution in [3.8, 4) is 5.75 Å². The highest BCUT2D eigenvalue weighted by molar-refractivity contribution is 6.04. The number of fused-ring (bicyclic) bond motifs is 1. The minimum atomic E-state index is -0.425. The minimum absolute atomic E-state index is 0.0596. The fourth-order valence-electron chi connectivity index (χ4n) is 1.82. The first-order valence-electron chi connectivity index (χ1n) is 6.12. The largest absolute Gasteiger partial charge is 0.480 e. The molecule has 6 nitrogen and oxygen atoms in total. The predicted molar refractivity (Wildman–Crippen MR) is 72.7 cm³/mol. The quantitative estimate of drug-likeness (QED) is 0.882. The summed E-state index contributed by atoms with van der Waals surface area (Å²) in [7, 11) is 0. The lowest BCUT2D eigenvalue weighted by molar-refractivity contribution is -0.118. The molecule has 0 fully saturated rings. The lowest BCUT2D eigenvalue weighted by atomic mass is 10.2. The summed E-state index contributed by atoms with van der Waals surface area (Å²) in [4.78, 5) is 27.3. The van der Waals surface area contributed by atoms with Gasteiger partial charge < -0.3 is 15.4 Å². The molecule has 0 bridgehead atoms. The van der Waals surface area contributed by atoms with E-state index in [-0.39, 0.29) is 24.1 Å². The van der Waals surface area contributed by atoms with Crippen molar-refractivity contribution < 1.29 is 18.7 Å². The van der Waals surface area contributed by atoms with Gasteiger partial charge in [-0.1, -0.05) is 0 Å². The summed E-state index contributed by atoms with van der Waals surface area (Å²) in [6.07, 6.45) is 0. The van der Waals surface area contributed by atoms with Crippen molar-refractivity contribution in [1.29, 1.82) is 0 Å². The normalized spacial score (nSPS) is 12.9.